The third-order valence-corrected chi connectivity index (χ3v) is 7.71. The molecule has 0 fully saturated rings. The first-order chi connectivity index (χ1) is 15.6. The summed E-state index contributed by atoms with van der Waals surface area (Å²) in [6.45, 7) is 0.790. The van der Waals surface area contributed by atoms with E-state index < -0.39 is 46.1 Å². The molecule has 7 nitrogen and oxygen atoms in total. The highest BCUT2D eigenvalue weighted by Gasteiger charge is 2.23. The summed E-state index contributed by atoms with van der Waals surface area (Å²) in [6.07, 6.45) is -1.23. The molecule has 3 aromatic rings. The minimum absolute atomic E-state index is 0.132. The molecule has 0 N–H and O–H groups in total. The van der Waals surface area contributed by atoms with Crippen LogP contribution < -0.4 is 9.04 Å². The number of anilines is 1. The standard InChI is InChI=1S/C22H19F2NO6S2/c1-14(22(27)15-5-10-18(23)19(24)12-15)31-20(26)13-30-17-8-6-16(7-9-17)25(2)33(28,29)21-4-3-11-32-21/h3-12,14H,13H2,1-2H3/t14-/m0/s1. The highest BCUT2D eigenvalue weighted by atomic mass is 32.2. The minimum atomic E-state index is -3.68. The predicted molar refractivity (Wildman–Crippen MR) is 118 cm³/mol. The number of esters is 1. The molecule has 11 heteroatoms. The monoisotopic (exact) mass is 495 g/mol. The molecule has 0 saturated carbocycles. The summed E-state index contributed by atoms with van der Waals surface area (Å²) in [5.41, 5.74) is 0.261. The lowest BCUT2D eigenvalue weighted by molar-refractivity contribution is -0.148. The van der Waals surface area contributed by atoms with Gasteiger partial charge in [-0.25, -0.2) is 22.0 Å². The first kappa shape index (κ1) is 24.3. The summed E-state index contributed by atoms with van der Waals surface area (Å²) in [7, 11) is -2.25. The average molecular weight is 496 g/mol. The van der Waals surface area contributed by atoms with Crippen LogP contribution in [0.15, 0.2) is 64.2 Å². The molecule has 0 unspecified atom stereocenters. The van der Waals surface area contributed by atoms with Crippen LogP contribution in [-0.4, -0.2) is 39.9 Å². The molecular formula is C22H19F2NO6S2. The molecule has 0 radical (unpaired) electrons. The first-order valence-electron chi connectivity index (χ1n) is 9.53. The second-order valence-corrected chi connectivity index (χ2v) is 9.96. The van der Waals surface area contributed by atoms with E-state index in [2.05, 4.69) is 0 Å². The van der Waals surface area contributed by atoms with Gasteiger partial charge in [0.2, 0.25) is 5.78 Å². The van der Waals surface area contributed by atoms with E-state index in [1.54, 1.807) is 11.4 Å². The number of halogens is 2. The maximum absolute atomic E-state index is 13.3. The Balaban J connectivity index is 1.55. The molecule has 0 saturated heterocycles. The Labute approximate surface area is 193 Å². The number of ether oxygens (including phenoxy) is 2. The Morgan fingerprint density at radius 3 is 2.36 bits per heavy atom. The summed E-state index contributed by atoms with van der Waals surface area (Å²) >= 11 is 1.11. The zero-order valence-corrected chi connectivity index (χ0v) is 19.2. The molecule has 0 amide bonds. The Bertz CT molecular complexity index is 1240. The van der Waals surface area contributed by atoms with Gasteiger partial charge in [0.1, 0.15) is 9.96 Å². The number of Topliss-reactive ketones (excluding diaryl/α,β-unsaturated/α-hetero) is 1. The number of ketones is 1. The van der Waals surface area contributed by atoms with Gasteiger partial charge in [-0.3, -0.25) is 9.10 Å². The Kier molecular flexibility index (Phi) is 7.44. The molecule has 1 heterocycles. The van der Waals surface area contributed by atoms with Crippen LogP contribution in [0, 0.1) is 11.6 Å². The van der Waals surface area contributed by atoms with Gasteiger partial charge in [-0.1, -0.05) is 6.07 Å². The van der Waals surface area contributed by atoms with Crippen LogP contribution in [0.1, 0.15) is 17.3 Å². The largest absolute Gasteiger partial charge is 0.482 e. The van der Waals surface area contributed by atoms with E-state index >= 15 is 0 Å². The first-order valence-corrected chi connectivity index (χ1v) is 11.9. The summed E-state index contributed by atoms with van der Waals surface area (Å²) in [5, 5.41) is 1.67. The van der Waals surface area contributed by atoms with E-state index in [0.29, 0.717) is 5.69 Å². The number of nitrogens with zero attached hydrogens (tertiary/aromatic N) is 1. The van der Waals surface area contributed by atoms with Gasteiger partial charge < -0.3 is 9.47 Å². The van der Waals surface area contributed by atoms with Crippen LogP contribution in [0.5, 0.6) is 5.75 Å². The molecule has 33 heavy (non-hydrogen) atoms. The van der Waals surface area contributed by atoms with Gasteiger partial charge in [0.25, 0.3) is 10.0 Å². The van der Waals surface area contributed by atoms with Crippen molar-refractivity contribution < 1.29 is 36.3 Å². The van der Waals surface area contributed by atoms with Crippen molar-refractivity contribution in [1.82, 2.24) is 0 Å². The number of thiophene rings is 1. The summed E-state index contributed by atoms with van der Waals surface area (Å²) < 4.78 is 63.1. The van der Waals surface area contributed by atoms with E-state index in [1.165, 1.54) is 44.3 Å². The number of hydrogen-bond acceptors (Lipinski definition) is 7. The van der Waals surface area contributed by atoms with E-state index in [9.17, 15) is 26.8 Å². The topological polar surface area (TPSA) is 90.0 Å². The minimum Gasteiger partial charge on any atom is -0.482 e. The number of carbonyl (C=O) groups excluding carboxylic acids is 2. The average Bonchev–Trinajstić information content (AvgIpc) is 3.35. The third kappa shape index (κ3) is 5.74. The summed E-state index contributed by atoms with van der Waals surface area (Å²) in [5.74, 6) is -3.54. The molecule has 0 aliphatic heterocycles. The molecule has 0 spiro atoms. The second-order valence-electron chi connectivity index (χ2n) is 6.81. The van der Waals surface area contributed by atoms with Crippen molar-refractivity contribution in [3.05, 3.63) is 77.2 Å². The van der Waals surface area contributed by atoms with Crippen molar-refractivity contribution in [3.8, 4) is 5.75 Å². The number of rotatable bonds is 9. The van der Waals surface area contributed by atoms with Gasteiger partial charge >= 0.3 is 5.97 Å². The van der Waals surface area contributed by atoms with Crippen LogP contribution in [0.3, 0.4) is 0 Å². The molecule has 0 aliphatic carbocycles. The molecular weight excluding hydrogens is 476 g/mol. The fourth-order valence-corrected chi connectivity index (χ4v) is 5.10. The lowest BCUT2D eigenvalue weighted by Gasteiger charge is -2.18. The quantitative estimate of drug-likeness (QED) is 0.329. The Morgan fingerprint density at radius 2 is 1.76 bits per heavy atom. The van der Waals surface area contributed by atoms with Gasteiger partial charge in [0.05, 0.1) is 5.69 Å². The molecule has 0 bridgehead atoms. The lowest BCUT2D eigenvalue weighted by atomic mass is 10.1. The fourth-order valence-electron chi connectivity index (χ4n) is 2.75. The van der Waals surface area contributed by atoms with Gasteiger partial charge in [0.15, 0.2) is 24.3 Å². The predicted octanol–water partition coefficient (Wildman–Crippen LogP) is 4.04. The van der Waals surface area contributed by atoms with Crippen LogP contribution in [-0.2, 0) is 19.6 Å². The zero-order valence-electron chi connectivity index (χ0n) is 17.5. The van der Waals surface area contributed by atoms with E-state index in [1.807, 2.05) is 0 Å². The van der Waals surface area contributed by atoms with Crippen molar-refractivity contribution >= 4 is 38.8 Å². The normalized spacial score (nSPS) is 12.1. The van der Waals surface area contributed by atoms with Gasteiger partial charge in [0, 0.05) is 12.6 Å². The zero-order chi connectivity index (χ0) is 24.2. The SMILES string of the molecule is C[C@H](OC(=O)COc1ccc(N(C)S(=O)(=O)c2cccs2)cc1)C(=O)c1ccc(F)c(F)c1. The molecule has 174 valence electrons. The maximum Gasteiger partial charge on any atom is 0.344 e. The van der Waals surface area contributed by atoms with Crippen molar-refractivity contribution in [1.29, 1.82) is 0 Å². The Morgan fingerprint density at radius 1 is 1.06 bits per heavy atom. The van der Waals surface area contributed by atoms with Crippen LogP contribution in [0.4, 0.5) is 14.5 Å². The van der Waals surface area contributed by atoms with Gasteiger partial charge in [-0.2, -0.15) is 0 Å². The number of carbonyl (C=O) groups is 2. The summed E-state index contributed by atoms with van der Waals surface area (Å²) in [6, 6.07) is 11.8. The van der Waals surface area contributed by atoms with Gasteiger partial charge in [-0.05, 0) is 60.8 Å². The highest BCUT2D eigenvalue weighted by Crippen LogP contribution is 2.26. The number of hydrogen-bond donors (Lipinski definition) is 0. The van der Waals surface area contributed by atoms with Crippen molar-refractivity contribution in [2.75, 3.05) is 18.0 Å². The molecule has 1 aromatic heterocycles. The van der Waals surface area contributed by atoms with Crippen molar-refractivity contribution in [2.24, 2.45) is 0 Å². The van der Waals surface area contributed by atoms with Crippen LogP contribution >= 0.6 is 11.3 Å². The Hall–Kier alpha value is -3.31. The van der Waals surface area contributed by atoms with E-state index in [0.717, 1.165) is 33.8 Å². The van der Waals surface area contributed by atoms with Crippen LogP contribution in [0.2, 0.25) is 0 Å². The van der Waals surface area contributed by atoms with Gasteiger partial charge in [-0.15, -0.1) is 11.3 Å². The second kappa shape index (κ2) is 10.1. The molecule has 2 aromatic carbocycles. The van der Waals surface area contributed by atoms with E-state index in [-0.39, 0.29) is 15.5 Å². The third-order valence-electron chi connectivity index (χ3n) is 4.55. The van der Waals surface area contributed by atoms with Crippen molar-refractivity contribution in [2.45, 2.75) is 17.2 Å². The molecule has 0 aliphatic rings. The fraction of sp³-hybridized carbons (Fsp3) is 0.182. The lowest BCUT2D eigenvalue weighted by Crippen LogP contribution is -2.27. The maximum atomic E-state index is 13.3. The molecule has 3 rings (SSSR count). The highest BCUT2D eigenvalue weighted by molar-refractivity contribution is 7.94. The number of benzene rings is 2. The number of sulfonamides is 1. The summed E-state index contributed by atoms with van der Waals surface area (Å²) in [4.78, 5) is 24.2. The van der Waals surface area contributed by atoms with Crippen LogP contribution in [0.25, 0.3) is 0 Å². The van der Waals surface area contributed by atoms with Crippen molar-refractivity contribution in [3.63, 3.8) is 0 Å². The molecule has 1 atom stereocenters. The smallest absolute Gasteiger partial charge is 0.344 e. The van der Waals surface area contributed by atoms with E-state index in [4.69, 9.17) is 9.47 Å².